The number of likely N-dealkylation sites (N-methyl/N-ethyl adjacent to an activating group) is 1. The fraction of sp³-hybridized carbons (Fsp3) is 0.632. The molecule has 1 unspecified atom stereocenters. The van der Waals surface area contributed by atoms with Crippen LogP contribution in [0.2, 0.25) is 0 Å². The summed E-state index contributed by atoms with van der Waals surface area (Å²) in [5, 5.41) is 3.05. The first-order valence-corrected chi connectivity index (χ1v) is 8.97. The predicted octanol–water partition coefficient (Wildman–Crippen LogP) is 3.99. The summed E-state index contributed by atoms with van der Waals surface area (Å²) >= 11 is 0. The molecule has 0 aromatic heterocycles. The standard InChI is InChI=1S/C19H29F2N3O/c1-19(20,12-13-23(2)14-15-8-9-15)22-17-7-5-4-6-16(10-11-17)18(25)24(3)21/h10-11,14,22H,4-9,12-13H2,1-3H3/b16-10+,17-11+. The Kier molecular flexibility index (Phi) is 6.62. The largest absolute Gasteiger partial charge is 0.380 e. The molecular weight excluding hydrogens is 324 g/mol. The number of nitrogens with zero attached hydrogens (tertiary/aromatic N) is 2. The Morgan fingerprint density at radius 3 is 2.56 bits per heavy atom. The van der Waals surface area contributed by atoms with Crippen LogP contribution in [0.5, 0.6) is 0 Å². The monoisotopic (exact) mass is 353 g/mol. The Bertz CT molecular complexity index is 573. The quantitative estimate of drug-likeness (QED) is 0.555. The second kappa shape index (κ2) is 8.50. The number of nitrogens with one attached hydrogen (secondary N) is 1. The molecule has 1 fully saturated rings. The minimum atomic E-state index is -1.53. The lowest BCUT2D eigenvalue weighted by atomic mass is 10.0. The van der Waals surface area contributed by atoms with Crippen molar-refractivity contribution in [3.63, 3.8) is 0 Å². The van der Waals surface area contributed by atoms with Gasteiger partial charge in [-0.1, -0.05) is 16.1 Å². The highest BCUT2D eigenvalue weighted by atomic mass is 19.2. The Hall–Kier alpha value is -1.85. The van der Waals surface area contributed by atoms with E-state index in [2.05, 4.69) is 11.5 Å². The van der Waals surface area contributed by atoms with Crippen molar-refractivity contribution in [1.29, 1.82) is 0 Å². The first kappa shape index (κ1) is 19.5. The van der Waals surface area contributed by atoms with E-state index >= 15 is 0 Å². The Morgan fingerprint density at radius 1 is 1.24 bits per heavy atom. The zero-order chi connectivity index (χ0) is 18.4. The van der Waals surface area contributed by atoms with Gasteiger partial charge in [-0.2, -0.15) is 5.12 Å². The summed E-state index contributed by atoms with van der Waals surface area (Å²) in [7, 11) is 3.06. The molecular formula is C19H29F2N3O. The molecule has 25 heavy (non-hydrogen) atoms. The Morgan fingerprint density at radius 2 is 1.92 bits per heavy atom. The summed E-state index contributed by atoms with van der Waals surface area (Å²) in [6.45, 7) is 2.17. The average molecular weight is 353 g/mol. The van der Waals surface area contributed by atoms with Gasteiger partial charge >= 0.3 is 0 Å². The number of halogens is 2. The number of carbonyl (C=O) groups excluding carboxylic acids is 1. The van der Waals surface area contributed by atoms with Crippen LogP contribution in [0.25, 0.3) is 0 Å². The normalized spacial score (nSPS) is 23.8. The van der Waals surface area contributed by atoms with Gasteiger partial charge in [0, 0.05) is 38.3 Å². The third kappa shape index (κ3) is 6.88. The highest BCUT2D eigenvalue weighted by Gasteiger charge is 2.24. The lowest BCUT2D eigenvalue weighted by Crippen LogP contribution is -2.39. The third-order valence-electron chi connectivity index (χ3n) is 4.48. The van der Waals surface area contributed by atoms with Crippen LogP contribution in [0.1, 0.15) is 51.9 Å². The summed E-state index contributed by atoms with van der Waals surface area (Å²) in [5.74, 6) is -2.16. The Balaban J connectivity index is 1.95. The van der Waals surface area contributed by atoms with Crippen LogP contribution in [-0.2, 0) is 4.79 Å². The van der Waals surface area contributed by atoms with E-state index in [1.54, 1.807) is 12.2 Å². The zero-order valence-electron chi connectivity index (χ0n) is 15.4. The van der Waals surface area contributed by atoms with Crippen molar-refractivity contribution in [3.05, 3.63) is 35.2 Å². The van der Waals surface area contributed by atoms with Gasteiger partial charge in [-0.05, 0) is 57.7 Å². The first-order valence-electron chi connectivity index (χ1n) is 8.97. The molecule has 1 saturated carbocycles. The number of carbonyl (C=O) groups is 1. The second-order valence-electron chi connectivity index (χ2n) is 7.21. The maximum absolute atomic E-state index is 14.9. The number of hydrogen-bond acceptors (Lipinski definition) is 3. The predicted molar refractivity (Wildman–Crippen MR) is 95.7 cm³/mol. The molecule has 0 aromatic rings. The van der Waals surface area contributed by atoms with E-state index < -0.39 is 11.7 Å². The van der Waals surface area contributed by atoms with Crippen LogP contribution in [0.15, 0.2) is 35.2 Å². The molecule has 1 amide bonds. The van der Waals surface area contributed by atoms with Crippen LogP contribution in [0.4, 0.5) is 8.87 Å². The molecule has 0 aliphatic heterocycles. The molecule has 0 saturated heterocycles. The van der Waals surface area contributed by atoms with Crippen molar-refractivity contribution in [2.75, 3.05) is 20.6 Å². The zero-order valence-corrected chi connectivity index (χ0v) is 15.4. The van der Waals surface area contributed by atoms with Crippen LogP contribution in [-0.4, -0.2) is 42.4 Å². The number of rotatable bonds is 7. The fourth-order valence-electron chi connectivity index (χ4n) is 2.84. The van der Waals surface area contributed by atoms with Crippen LogP contribution >= 0.6 is 0 Å². The SMILES string of the molecule is CN(C=C1CC1)CCC(C)(F)N/C1=C/C=C(/C(=O)N(C)F)CCCC1. The molecule has 0 spiro atoms. The summed E-state index contributed by atoms with van der Waals surface area (Å²) in [6.07, 6.45) is 11.0. The average Bonchev–Trinajstić information content (AvgIpc) is 3.32. The molecule has 140 valence electrons. The van der Waals surface area contributed by atoms with E-state index in [-0.39, 0.29) is 5.12 Å². The summed E-state index contributed by atoms with van der Waals surface area (Å²) in [6, 6.07) is 0. The van der Waals surface area contributed by atoms with Gasteiger partial charge in [-0.3, -0.25) is 4.79 Å². The molecule has 0 radical (unpaired) electrons. The van der Waals surface area contributed by atoms with E-state index in [9.17, 15) is 13.7 Å². The van der Waals surface area contributed by atoms with E-state index in [1.807, 2.05) is 11.9 Å². The lowest BCUT2D eigenvalue weighted by molar-refractivity contribution is -0.138. The Labute approximate surface area is 149 Å². The van der Waals surface area contributed by atoms with Crippen LogP contribution < -0.4 is 5.32 Å². The summed E-state index contributed by atoms with van der Waals surface area (Å²) in [4.78, 5) is 13.8. The van der Waals surface area contributed by atoms with E-state index in [0.717, 1.165) is 44.8 Å². The molecule has 6 heteroatoms. The number of allylic oxidation sites excluding steroid dienone is 4. The highest BCUT2D eigenvalue weighted by molar-refractivity contribution is 5.92. The molecule has 4 nitrogen and oxygen atoms in total. The smallest absolute Gasteiger partial charge is 0.277 e. The number of amides is 1. The molecule has 0 bridgehead atoms. The van der Waals surface area contributed by atoms with Crippen LogP contribution in [0.3, 0.4) is 0 Å². The fourth-order valence-corrected chi connectivity index (χ4v) is 2.84. The highest BCUT2D eigenvalue weighted by Crippen LogP contribution is 2.28. The van der Waals surface area contributed by atoms with Crippen molar-refractivity contribution in [1.82, 2.24) is 15.3 Å². The molecule has 2 rings (SSSR count). The number of alkyl halides is 1. The third-order valence-corrected chi connectivity index (χ3v) is 4.48. The van der Waals surface area contributed by atoms with Gasteiger partial charge in [0.05, 0.1) is 0 Å². The molecule has 0 aromatic carbocycles. The molecule has 0 heterocycles. The maximum Gasteiger partial charge on any atom is 0.277 e. The minimum Gasteiger partial charge on any atom is -0.380 e. The number of hydrogen-bond donors (Lipinski definition) is 1. The molecule has 1 atom stereocenters. The van der Waals surface area contributed by atoms with Gasteiger partial charge in [0.15, 0.2) is 5.79 Å². The minimum absolute atomic E-state index is 0.0951. The summed E-state index contributed by atoms with van der Waals surface area (Å²) in [5.41, 5.74) is 2.58. The van der Waals surface area contributed by atoms with Crippen molar-refractivity contribution in [2.24, 2.45) is 0 Å². The topological polar surface area (TPSA) is 35.6 Å². The van der Waals surface area contributed by atoms with Crippen molar-refractivity contribution < 1.29 is 13.7 Å². The molecule has 1 N–H and O–H groups in total. The second-order valence-corrected chi connectivity index (χ2v) is 7.21. The van der Waals surface area contributed by atoms with Crippen LogP contribution in [0, 0.1) is 0 Å². The molecule has 2 aliphatic carbocycles. The first-order chi connectivity index (χ1) is 11.8. The van der Waals surface area contributed by atoms with Gasteiger partial charge in [0.1, 0.15) is 0 Å². The van der Waals surface area contributed by atoms with E-state index in [0.29, 0.717) is 25.0 Å². The van der Waals surface area contributed by atoms with Gasteiger partial charge in [-0.15, -0.1) is 0 Å². The van der Waals surface area contributed by atoms with E-state index in [1.165, 1.54) is 12.5 Å². The van der Waals surface area contributed by atoms with Gasteiger partial charge in [0.2, 0.25) is 0 Å². The lowest BCUT2D eigenvalue weighted by Gasteiger charge is -2.27. The van der Waals surface area contributed by atoms with Crippen molar-refractivity contribution in [2.45, 2.75) is 57.7 Å². The van der Waals surface area contributed by atoms with E-state index in [4.69, 9.17) is 0 Å². The van der Waals surface area contributed by atoms with Crippen molar-refractivity contribution >= 4 is 5.91 Å². The van der Waals surface area contributed by atoms with Gasteiger partial charge in [0.25, 0.3) is 5.91 Å². The molecule has 2 aliphatic rings. The van der Waals surface area contributed by atoms with Gasteiger partial charge < -0.3 is 10.2 Å². The summed E-state index contributed by atoms with van der Waals surface area (Å²) < 4.78 is 27.9. The van der Waals surface area contributed by atoms with Crippen molar-refractivity contribution in [3.8, 4) is 0 Å². The maximum atomic E-state index is 14.9. The van der Waals surface area contributed by atoms with Gasteiger partial charge in [-0.25, -0.2) is 4.39 Å².